The number of para-hydroxylation sites is 1. The molecule has 0 spiro atoms. The lowest BCUT2D eigenvalue weighted by molar-refractivity contribution is 0.0501. The predicted molar refractivity (Wildman–Crippen MR) is 84.0 cm³/mol. The summed E-state index contributed by atoms with van der Waals surface area (Å²) in [5.41, 5.74) is -0.0420. The molecule has 0 aliphatic rings. The van der Waals surface area contributed by atoms with Crippen LogP contribution in [-0.2, 0) is 9.47 Å². The Kier molecular flexibility index (Phi) is 5.30. The molecule has 0 saturated heterocycles. The van der Waals surface area contributed by atoms with Crippen LogP contribution >= 0.6 is 0 Å². The predicted octanol–water partition coefficient (Wildman–Crippen LogP) is 2.19. The van der Waals surface area contributed by atoms with E-state index in [1.807, 2.05) is 6.07 Å². The van der Waals surface area contributed by atoms with Crippen LogP contribution in [0, 0.1) is 0 Å². The number of benzene rings is 1. The van der Waals surface area contributed by atoms with Gasteiger partial charge in [0, 0.05) is 18.0 Å². The third-order valence-electron chi connectivity index (χ3n) is 3.07. The quantitative estimate of drug-likeness (QED) is 0.791. The number of ether oxygens (including phenoxy) is 2. The van der Waals surface area contributed by atoms with Crippen molar-refractivity contribution < 1.29 is 19.1 Å². The summed E-state index contributed by atoms with van der Waals surface area (Å²) in [4.78, 5) is 36.1. The van der Waals surface area contributed by atoms with Gasteiger partial charge in [0.2, 0.25) is 0 Å². The first-order valence-electron chi connectivity index (χ1n) is 7.24. The first kappa shape index (κ1) is 16.5. The highest BCUT2D eigenvalue weighted by molar-refractivity contribution is 5.92. The Balaban J connectivity index is 2.63. The molecule has 0 amide bonds. The van der Waals surface area contributed by atoms with E-state index in [0.717, 1.165) is 6.07 Å². The van der Waals surface area contributed by atoms with E-state index in [4.69, 9.17) is 9.47 Å². The number of nitrogens with zero attached hydrogens (tertiary/aromatic N) is 1. The van der Waals surface area contributed by atoms with Crippen molar-refractivity contribution in [1.82, 2.24) is 4.57 Å². The summed E-state index contributed by atoms with van der Waals surface area (Å²) in [5, 5.41) is 0. The number of carbonyl (C=O) groups excluding carboxylic acids is 2. The van der Waals surface area contributed by atoms with Gasteiger partial charge in [-0.25, -0.2) is 9.59 Å². The summed E-state index contributed by atoms with van der Waals surface area (Å²) in [5.74, 6) is -1.36. The van der Waals surface area contributed by atoms with Crippen LogP contribution in [0.25, 0.3) is 5.69 Å². The summed E-state index contributed by atoms with van der Waals surface area (Å²) in [6.45, 7) is 3.67. The minimum atomic E-state index is -0.724. The van der Waals surface area contributed by atoms with Crippen molar-refractivity contribution in [3.05, 3.63) is 64.1 Å². The van der Waals surface area contributed by atoms with Gasteiger partial charge in [0.1, 0.15) is 11.3 Å². The molecule has 0 aliphatic heterocycles. The Morgan fingerprint density at radius 1 is 1.00 bits per heavy atom. The second-order valence-corrected chi connectivity index (χ2v) is 4.58. The van der Waals surface area contributed by atoms with Gasteiger partial charge in [0.15, 0.2) is 5.43 Å². The van der Waals surface area contributed by atoms with E-state index < -0.39 is 17.4 Å². The number of pyridine rings is 1. The highest BCUT2D eigenvalue weighted by Crippen LogP contribution is 2.13. The lowest BCUT2D eigenvalue weighted by atomic mass is 10.2. The van der Waals surface area contributed by atoms with Crippen LogP contribution in [0.4, 0.5) is 0 Å². The smallest absolute Gasteiger partial charge is 0.355 e. The SMILES string of the molecule is CCOC(=O)c1cn(-c2ccccc2)c(C(=O)OCC)cc1=O. The zero-order valence-electron chi connectivity index (χ0n) is 12.9. The molecule has 2 aromatic rings. The fraction of sp³-hybridized carbons (Fsp3) is 0.235. The van der Waals surface area contributed by atoms with Gasteiger partial charge >= 0.3 is 11.9 Å². The number of aromatic nitrogens is 1. The minimum absolute atomic E-state index is 0.0519. The van der Waals surface area contributed by atoms with Crippen molar-refractivity contribution >= 4 is 11.9 Å². The second-order valence-electron chi connectivity index (χ2n) is 4.58. The maximum absolute atomic E-state index is 12.1. The zero-order valence-corrected chi connectivity index (χ0v) is 12.9. The molecule has 0 bridgehead atoms. The highest BCUT2D eigenvalue weighted by Gasteiger charge is 2.19. The fourth-order valence-electron chi connectivity index (χ4n) is 2.06. The molecule has 6 nitrogen and oxygen atoms in total. The van der Waals surface area contributed by atoms with Crippen LogP contribution in [0.3, 0.4) is 0 Å². The van der Waals surface area contributed by atoms with Crippen molar-refractivity contribution in [2.24, 2.45) is 0 Å². The third-order valence-corrected chi connectivity index (χ3v) is 3.07. The van der Waals surface area contributed by atoms with E-state index in [9.17, 15) is 14.4 Å². The van der Waals surface area contributed by atoms with Crippen molar-refractivity contribution in [2.45, 2.75) is 13.8 Å². The van der Waals surface area contributed by atoms with Crippen molar-refractivity contribution in [2.75, 3.05) is 13.2 Å². The molecule has 0 fully saturated rings. The van der Waals surface area contributed by atoms with Gasteiger partial charge in [-0.15, -0.1) is 0 Å². The molecule has 23 heavy (non-hydrogen) atoms. The Labute approximate surface area is 133 Å². The molecule has 2 rings (SSSR count). The van der Waals surface area contributed by atoms with E-state index in [-0.39, 0.29) is 24.5 Å². The molecule has 120 valence electrons. The van der Waals surface area contributed by atoms with Crippen LogP contribution in [0.5, 0.6) is 0 Å². The van der Waals surface area contributed by atoms with E-state index >= 15 is 0 Å². The van der Waals surface area contributed by atoms with E-state index in [1.54, 1.807) is 38.1 Å². The van der Waals surface area contributed by atoms with E-state index in [1.165, 1.54) is 10.8 Å². The van der Waals surface area contributed by atoms with Gasteiger partial charge in [0.25, 0.3) is 0 Å². The number of hydrogen-bond donors (Lipinski definition) is 0. The van der Waals surface area contributed by atoms with Crippen molar-refractivity contribution in [3.63, 3.8) is 0 Å². The Bertz CT molecular complexity index is 764. The topological polar surface area (TPSA) is 74.6 Å². The minimum Gasteiger partial charge on any atom is -0.462 e. The molecule has 0 unspecified atom stereocenters. The lowest BCUT2D eigenvalue weighted by Gasteiger charge is -2.14. The van der Waals surface area contributed by atoms with Crippen LogP contribution in [0.15, 0.2) is 47.4 Å². The van der Waals surface area contributed by atoms with Gasteiger partial charge in [-0.05, 0) is 26.0 Å². The lowest BCUT2D eigenvalue weighted by Crippen LogP contribution is -2.24. The number of rotatable bonds is 5. The Morgan fingerprint density at radius 3 is 2.22 bits per heavy atom. The molecule has 0 atom stereocenters. The van der Waals surface area contributed by atoms with E-state index in [0.29, 0.717) is 5.69 Å². The average molecular weight is 315 g/mol. The maximum atomic E-state index is 12.1. The van der Waals surface area contributed by atoms with Gasteiger partial charge in [-0.1, -0.05) is 18.2 Å². The Hall–Kier alpha value is -2.89. The number of hydrogen-bond acceptors (Lipinski definition) is 5. The first-order valence-corrected chi connectivity index (χ1v) is 7.24. The molecule has 0 aliphatic carbocycles. The van der Waals surface area contributed by atoms with Gasteiger partial charge in [0.05, 0.1) is 13.2 Å². The summed E-state index contributed by atoms with van der Waals surface area (Å²) in [7, 11) is 0. The molecule has 1 heterocycles. The summed E-state index contributed by atoms with van der Waals surface area (Å²) < 4.78 is 11.3. The van der Waals surface area contributed by atoms with Crippen LogP contribution < -0.4 is 5.43 Å². The molecule has 1 aromatic carbocycles. The van der Waals surface area contributed by atoms with Crippen LogP contribution in [0.1, 0.15) is 34.7 Å². The fourth-order valence-corrected chi connectivity index (χ4v) is 2.06. The average Bonchev–Trinajstić information content (AvgIpc) is 2.55. The molecular formula is C17H17NO5. The second kappa shape index (κ2) is 7.40. The summed E-state index contributed by atoms with van der Waals surface area (Å²) >= 11 is 0. The maximum Gasteiger partial charge on any atom is 0.355 e. The van der Waals surface area contributed by atoms with Gasteiger partial charge in [-0.2, -0.15) is 0 Å². The normalized spacial score (nSPS) is 10.2. The number of esters is 2. The van der Waals surface area contributed by atoms with Crippen LogP contribution in [0.2, 0.25) is 0 Å². The Morgan fingerprint density at radius 2 is 1.61 bits per heavy atom. The summed E-state index contributed by atoms with van der Waals surface area (Å²) in [6, 6.07) is 9.99. The first-order chi connectivity index (χ1) is 11.1. The van der Waals surface area contributed by atoms with Gasteiger partial charge in [-0.3, -0.25) is 4.79 Å². The molecule has 0 radical (unpaired) electrons. The largest absolute Gasteiger partial charge is 0.462 e. The van der Waals surface area contributed by atoms with E-state index in [2.05, 4.69) is 0 Å². The summed E-state index contributed by atoms with van der Waals surface area (Å²) in [6.07, 6.45) is 1.31. The molecule has 6 heteroatoms. The standard InChI is InChI=1S/C17H17NO5/c1-3-22-16(20)13-11-18(12-8-6-5-7-9-12)14(10-15(13)19)17(21)23-4-2/h5-11H,3-4H2,1-2H3. The third kappa shape index (κ3) is 3.66. The zero-order chi connectivity index (χ0) is 16.8. The van der Waals surface area contributed by atoms with Gasteiger partial charge < -0.3 is 14.0 Å². The van der Waals surface area contributed by atoms with Crippen molar-refractivity contribution in [1.29, 1.82) is 0 Å². The highest BCUT2D eigenvalue weighted by atomic mass is 16.5. The molecule has 1 aromatic heterocycles. The molecular weight excluding hydrogens is 298 g/mol. The number of carbonyl (C=O) groups is 2. The monoisotopic (exact) mass is 315 g/mol. The van der Waals surface area contributed by atoms with Crippen molar-refractivity contribution in [3.8, 4) is 5.69 Å². The molecule has 0 saturated carbocycles. The molecule has 0 N–H and O–H groups in total. The van der Waals surface area contributed by atoms with Crippen LogP contribution in [-0.4, -0.2) is 29.7 Å².